The molecule has 56 heavy (non-hydrogen) atoms. The average Bonchev–Trinajstić information content (AvgIpc) is 3.24. The molecule has 5 heterocycles. The van der Waals surface area contributed by atoms with Gasteiger partial charge in [0.2, 0.25) is 23.6 Å². The molecule has 4 aliphatic rings. The fourth-order valence-corrected chi connectivity index (χ4v) is 9.31. The van der Waals surface area contributed by atoms with Crippen LogP contribution >= 0.6 is 0 Å². The van der Waals surface area contributed by atoms with Gasteiger partial charge in [0.15, 0.2) is 5.82 Å². The fourth-order valence-electron chi connectivity index (χ4n) is 9.31. The Labute approximate surface area is 327 Å². The molecule has 0 spiro atoms. The first-order valence-electron chi connectivity index (χ1n) is 19.9. The molecule has 4 amide bonds. The monoisotopic (exact) mass is 755 g/mol. The van der Waals surface area contributed by atoms with Crippen molar-refractivity contribution in [1.29, 1.82) is 0 Å². The molecule has 0 saturated carbocycles. The normalized spacial score (nSPS) is 20.8. The van der Waals surface area contributed by atoms with Gasteiger partial charge in [-0.1, -0.05) is 66.7 Å². The molecule has 3 aromatic carbocycles. The van der Waals surface area contributed by atoms with Gasteiger partial charge in [-0.05, 0) is 85.8 Å². The summed E-state index contributed by atoms with van der Waals surface area (Å²) < 4.78 is 0. The van der Waals surface area contributed by atoms with Crippen molar-refractivity contribution in [3.63, 3.8) is 0 Å². The highest BCUT2D eigenvalue weighted by Gasteiger charge is 2.46. The zero-order chi connectivity index (χ0) is 38.8. The van der Waals surface area contributed by atoms with E-state index in [0.717, 1.165) is 29.7 Å². The number of para-hydroxylation sites is 1. The molecule has 4 fully saturated rings. The van der Waals surface area contributed by atoms with Crippen LogP contribution in [0.1, 0.15) is 79.9 Å². The zero-order valence-electron chi connectivity index (χ0n) is 31.6. The van der Waals surface area contributed by atoms with E-state index in [1.165, 1.54) is 5.56 Å². The van der Waals surface area contributed by atoms with Crippen LogP contribution in [-0.2, 0) is 24.6 Å². The molecule has 4 saturated heterocycles. The number of carbonyl (C=O) groups excluding carboxylic acids is 4. The Hall–Kier alpha value is -5.78. The summed E-state index contributed by atoms with van der Waals surface area (Å²) in [6, 6.07) is 27.2. The van der Waals surface area contributed by atoms with Crippen LogP contribution in [-0.4, -0.2) is 88.0 Å². The van der Waals surface area contributed by atoms with E-state index in [1.54, 1.807) is 18.2 Å². The van der Waals surface area contributed by atoms with E-state index in [9.17, 15) is 24.3 Å². The largest absolute Gasteiger partial charge is 0.507 e. The van der Waals surface area contributed by atoms with Crippen LogP contribution in [0, 0.1) is 5.92 Å². The second-order valence-corrected chi connectivity index (χ2v) is 15.8. The summed E-state index contributed by atoms with van der Waals surface area (Å²) in [5, 5.41) is 21.3. The van der Waals surface area contributed by atoms with E-state index in [2.05, 4.69) is 44.7 Å². The molecule has 290 valence electrons. The van der Waals surface area contributed by atoms with Gasteiger partial charge in [0, 0.05) is 57.2 Å². The number of hydrogen-bond donors (Lipinski definition) is 3. The van der Waals surface area contributed by atoms with Gasteiger partial charge in [0.1, 0.15) is 5.75 Å². The van der Waals surface area contributed by atoms with E-state index >= 15 is 0 Å². The van der Waals surface area contributed by atoms with E-state index in [-0.39, 0.29) is 41.2 Å². The van der Waals surface area contributed by atoms with Crippen LogP contribution in [0.25, 0.3) is 11.3 Å². The van der Waals surface area contributed by atoms with Gasteiger partial charge < -0.3 is 25.5 Å². The summed E-state index contributed by atoms with van der Waals surface area (Å²) in [6.07, 6.45) is 5.16. The molecule has 0 bridgehead atoms. The zero-order valence-corrected chi connectivity index (χ0v) is 31.6. The van der Waals surface area contributed by atoms with E-state index in [0.29, 0.717) is 101 Å². The Bertz CT molecular complexity index is 2080. The number of aromatic hydroxyl groups is 1. The summed E-state index contributed by atoms with van der Waals surface area (Å²) in [4.78, 5) is 58.5. The second kappa shape index (κ2) is 15.8. The van der Waals surface area contributed by atoms with Crippen molar-refractivity contribution in [2.45, 2.75) is 68.6 Å². The number of likely N-dealkylation sites (tertiary alicyclic amines) is 2. The standard InChI is InChI=1S/C44H49N7O5/c45-40-37(28-36(47-48-40)35-8-4-5-9-38(35)52)49-26-20-44(21-27-49,33-6-2-1-3-7-33)43(56)51-24-18-32(19-25-51)42(55)50-22-16-30(17-23-50)29-10-12-31(13-11-29)34-14-15-39(53)46-41(34)54/h1-13,28,30,32,34,52H,14-27H2,(H2,45,48)(H,46,53,54). The maximum absolute atomic E-state index is 14.7. The lowest BCUT2D eigenvalue weighted by Crippen LogP contribution is -2.55. The number of nitrogen functional groups attached to an aromatic ring is 1. The molecule has 1 atom stereocenters. The first-order valence-corrected chi connectivity index (χ1v) is 19.9. The molecular weight excluding hydrogens is 707 g/mol. The molecule has 4 N–H and O–H groups in total. The van der Waals surface area contributed by atoms with Crippen LogP contribution in [0.4, 0.5) is 11.5 Å². The molecule has 0 aliphatic carbocycles. The van der Waals surface area contributed by atoms with Gasteiger partial charge in [0.25, 0.3) is 0 Å². The van der Waals surface area contributed by atoms with Crippen molar-refractivity contribution in [3.05, 3.63) is 102 Å². The van der Waals surface area contributed by atoms with E-state index < -0.39 is 5.41 Å². The van der Waals surface area contributed by atoms with Crippen molar-refractivity contribution in [2.75, 3.05) is 49.9 Å². The van der Waals surface area contributed by atoms with E-state index in [4.69, 9.17) is 5.73 Å². The minimum absolute atomic E-state index is 0.0988. The summed E-state index contributed by atoms with van der Waals surface area (Å²) in [6.45, 7) is 3.69. The van der Waals surface area contributed by atoms with Gasteiger partial charge in [-0.15, -0.1) is 10.2 Å². The van der Waals surface area contributed by atoms with Crippen LogP contribution in [0.3, 0.4) is 0 Å². The summed E-state index contributed by atoms with van der Waals surface area (Å²) in [5.74, 6) is 0.268. The number of hydrogen-bond acceptors (Lipinski definition) is 9. The van der Waals surface area contributed by atoms with Crippen LogP contribution in [0.2, 0.25) is 0 Å². The number of anilines is 2. The first-order chi connectivity index (χ1) is 27.2. The van der Waals surface area contributed by atoms with Crippen molar-refractivity contribution in [3.8, 4) is 17.0 Å². The lowest BCUT2D eigenvalue weighted by Gasteiger charge is -2.45. The summed E-state index contributed by atoms with van der Waals surface area (Å²) >= 11 is 0. The molecular formula is C44H49N7O5. The van der Waals surface area contributed by atoms with Gasteiger partial charge in [0.05, 0.1) is 22.7 Å². The number of imide groups is 1. The smallest absolute Gasteiger partial charge is 0.234 e. The second-order valence-electron chi connectivity index (χ2n) is 15.8. The number of nitrogens with one attached hydrogen (secondary N) is 1. The highest BCUT2D eigenvalue weighted by molar-refractivity contribution is 6.01. The predicted molar refractivity (Wildman–Crippen MR) is 213 cm³/mol. The SMILES string of the molecule is Nc1nnc(-c2ccccc2O)cc1N1CCC(C(=O)N2CCC(C(=O)N3CCC(c4ccc(C5CCC(=O)NC5=O)cc4)CC3)CC2)(c2ccccc2)CC1. The quantitative estimate of drug-likeness (QED) is 0.217. The van der Waals surface area contributed by atoms with Crippen LogP contribution in [0.5, 0.6) is 5.75 Å². The number of rotatable bonds is 7. The highest BCUT2D eigenvalue weighted by atomic mass is 16.3. The van der Waals surface area contributed by atoms with Gasteiger partial charge >= 0.3 is 0 Å². The lowest BCUT2D eigenvalue weighted by atomic mass is 9.71. The molecule has 4 aromatic rings. The molecule has 12 nitrogen and oxygen atoms in total. The average molecular weight is 756 g/mol. The third kappa shape index (κ3) is 7.32. The van der Waals surface area contributed by atoms with Gasteiger partial charge in [-0.3, -0.25) is 24.5 Å². The number of carbonyl (C=O) groups is 4. The Balaban J connectivity index is 0.876. The van der Waals surface area contributed by atoms with Crippen molar-refractivity contribution >= 4 is 35.1 Å². The molecule has 1 aromatic heterocycles. The minimum Gasteiger partial charge on any atom is -0.507 e. The fraction of sp³-hybridized carbons (Fsp3) is 0.409. The maximum Gasteiger partial charge on any atom is 0.234 e. The Morgan fingerprint density at radius 2 is 1.39 bits per heavy atom. The Morgan fingerprint density at radius 3 is 2.07 bits per heavy atom. The van der Waals surface area contributed by atoms with Gasteiger partial charge in [-0.25, -0.2) is 0 Å². The maximum atomic E-state index is 14.7. The Morgan fingerprint density at radius 1 is 0.750 bits per heavy atom. The number of benzene rings is 3. The minimum atomic E-state index is -0.702. The number of phenols is 1. The van der Waals surface area contributed by atoms with Crippen molar-refractivity contribution in [2.24, 2.45) is 5.92 Å². The van der Waals surface area contributed by atoms with Crippen LogP contribution in [0.15, 0.2) is 84.9 Å². The third-order valence-electron chi connectivity index (χ3n) is 12.7. The summed E-state index contributed by atoms with van der Waals surface area (Å²) in [5.41, 5.74) is 10.7. The number of nitrogens with two attached hydrogens (primary N) is 1. The first kappa shape index (κ1) is 37.2. The number of aromatic nitrogens is 2. The van der Waals surface area contributed by atoms with Gasteiger partial charge in [-0.2, -0.15) is 0 Å². The topological polar surface area (TPSA) is 162 Å². The lowest BCUT2D eigenvalue weighted by molar-refractivity contribution is -0.144. The third-order valence-corrected chi connectivity index (χ3v) is 12.7. The highest BCUT2D eigenvalue weighted by Crippen LogP contribution is 2.41. The van der Waals surface area contributed by atoms with Crippen molar-refractivity contribution in [1.82, 2.24) is 25.3 Å². The number of nitrogens with zero attached hydrogens (tertiary/aromatic N) is 5. The van der Waals surface area contributed by atoms with E-state index in [1.807, 2.05) is 52.3 Å². The molecule has 1 unspecified atom stereocenters. The molecule has 4 aliphatic heterocycles. The molecule has 12 heteroatoms. The number of phenolic OH excluding ortho intramolecular Hbond substituents is 1. The van der Waals surface area contributed by atoms with Crippen molar-refractivity contribution < 1.29 is 24.3 Å². The molecule has 0 radical (unpaired) electrons. The number of amides is 4. The Kier molecular flexibility index (Phi) is 10.5. The predicted octanol–water partition coefficient (Wildman–Crippen LogP) is 5.13. The summed E-state index contributed by atoms with van der Waals surface area (Å²) in [7, 11) is 0. The molecule has 8 rings (SSSR count). The van der Waals surface area contributed by atoms with Crippen LogP contribution < -0.4 is 16.0 Å². The number of piperidine rings is 4.